The van der Waals surface area contributed by atoms with Gasteiger partial charge >= 0.3 is 6.03 Å². The van der Waals surface area contributed by atoms with E-state index in [-0.39, 0.29) is 23.6 Å². The number of imide groups is 1. The van der Waals surface area contributed by atoms with Crippen LogP contribution in [0.15, 0.2) is 18.2 Å². The molecule has 8 heteroatoms. The van der Waals surface area contributed by atoms with Crippen molar-refractivity contribution in [1.29, 1.82) is 0 Å². The number of carbonyl (C=O) groups is 3. The van der Waals surface area contributed by atoms with Crippen molar-refractivity contribution in [2.24, 2.45) is 5.73 Å². The third kappa shape index (κ3) is 3.21. The molecule has 2 saturated heterocycles. The molecule has 7 nitrogen and oxygen atoms in total. The van der Waals surface area contributed by atoms with Crippen LogP contribution in [-0.2, 0) is 4.79 Å². The molecule has 0 spiro atoms. The predicted octanol–water partition coefficient (Wildman–Crippen LogP) is 0.616. The number of aryl methyl sites for hydroxylation is 1. The first-order chi connectivity index (χ1) is 11.8. The van der Waals surface area contributed by atoms with Crippen LogP contribution in [0.1, 0.15) is 29.3 Å². The minimum absolute atomic E-state index is 0.0103. The summed E-state index contributed by atoms with van der Waals surface area (Å²) < 4.78 is 14.1. The molecule has 3 N–H and O–H groups in total. The second-order valence-electron chi connectivity index (χ2n) is 6.71. The molecule has 2 fully saturated rings. The zero-order valence-electron chi connectivity index (χ0n) is 14.2. The Morgan fingerprint density at radius 2 is 2.00 bits per heavy atom. The zero-order valence-corrected chi connectivity index (χ0v) is 14.2. The molecular weight excluding hydrogens is 327 g/mol. The van der Waals surface area contributed by atoms with Gasteiger partial charge in [0.1, 0.15) is 5.82 Å². The van der Waals surface area contributed by atoms with Gasteiger partial charge in [0, 0.05) is 25.2 Å². The van der Waals surface area contributed by atoms with Crippen LogP contribution in [0.3, 0.4) is 0 Å². The maximum atomic E-state index is 14.1. The smallest absolute Gasteiger partial charge is 0.318 e. The minimum Gasteiger partial charge on any atom is -0.351 e. The Morgan fingerprint density at radius 1 is 1.28 bits per heavy atom. The largest absolute Gasteiger partial charge is 0.351 e. The summed E-state index contributed by atoms with van der Waals surface area (Å²) in [5.41, 5.74) is 5.81. The van der Waals surface area contributed by atoms with Crippen molar-refractivity contribution in [2.75, 3.05) is 13.1 Å². The molecule has 0 radical (unpaired) electrons. The van der Waals surface area contributed by atoms with Gasteiger partial charge in [0.05, 0.1) is 11.6 Å². The molecule has 0 aliphatic carbocycles. The molecule has 2 aliphatic rings. The summed E-state index contributed by atoms with van der Waals surface area (Å²) in [4.78, 5) is 39.1. The van der Waals surface area contributed by atoms with Gasteiger partial charge in [0.15, 0.2) is 0 Å². The zero-order chi connectivity index (χ0) is 18.3. The van der Waals surface area contributed by atoms with Gasteiger partial charge in [-0.3, -0.25) is 19.8 Å². The molecule has 4 amide bonds. The van der Waals surface area contributed by atoms with E-state index in [2.05, 4.69) is 5.32 Å². The predicted molar refractivity (Wildman–Crippen MR) is 88.3 cm³/mol. The molecule has 0 aromatic heterocycles. The Hall–Kier alpha value is -2.48. The van der Waals surface area contributed by atoms with Gasteiger partial charge in [-0.2, -0.15) is 0 Å². The highest BCUT2D eigenvalue weighted by Gasteiger charge is 2.48. The first-order valence-electron chi connectivity index (χ1n) is 8.21. The topological polar surface area (TPSA) is 95.7 Å². The van der Waals surface area contributed by atoms with Crippen molar-refractivity contribution in [3.05, 3.63) is 35.1 Å². The Kier molecular flexibility index (Phi) is 4.47. The fraction of sp³-hybridized carbons (Fsp3) is 0.471. The summed E-state index contributed by atoms with van der Waals surface area (Å²) in [5, 5.41) is 2.08. The van der Waals surface area contributed by atoms with E-state index in [0.717, 1.165) is 12.0 Å². The van der Waals surface area contributed by atoms with E-state index in [9.17, 15) is 18.8 Å². The van der Waals surface area contributed by atoms with Crippen LogP contribution in [0.25, 0.3) is 0 Å². The lowest BCUT2D eigenvalue weighted by Crippen LogP contribution is -2.56. The third-order valence-electron chi connectivity index (χ3n) is 5.02. The number of nitrogens with one attached hydrogen (secondary N) is 1. The van der Waals surface area contributed by atoms with Gasteiger partial charge < -0.3 is 10.6 Å². The summed E-state index contributed by atoms with van der Waals surface area (Å²) in [6.07, 6.45) is 0.730. The first kappa shape index (κ1) is 17.3. The van der Waals surface area contributed by atoms with Crippen LogP contribution in [-0.4, -0.2) is 58.9 Å². The van der Waals surface area contributed by atoms with E-state index in [1.54, 1.807) is 24.8 Å². The summed E-state index contributed by atoms with van der Waals surface area (Å²) in [6.45, 7) is 4.42. The second kappa shape index (κ2) is 6.44. The number of amides is 4. The number of urea groups is 1. The van der Waals surface area contributed by atoms with E-state index >= 15 is 0 Å². The van der Waals surface area contributed by atoms with Crippen LogP contribution in [0, 0.1) is 12.7 Å². The fourth-order valence-corrected chi connectivity index (χ4v) is 3.75. The molecule has 2 bridgehead atoms. The number of halogens is 1. The number of hydrogen-bond acceptors (Lipinski definition) is 4. The molecule has 1 aromatic carbocycles. The monoisotopic (exact) mass is 348 g/mol. The summed E-state index contributed by atoms with van der Waals surface area (Å²) in [5.74, 6) is -1.29. The highest BCUT2D eigenvalue weighted by atomic mass is 19.1. The SMILES string of the molecule is Cc1ccc(C(=O)N2C[C@@H]3C[C@H]2CN3C(C)C(=O)NC(N)=O)c(F)c1. The van der Waals surface area contributed by atoms with Gasteiger partial charge in [-0.15, -0.1) is 0 Å². The van der Waals surface area contributed by atoms with Gasteiger partial charge in [-0.05, 0) is 38.0 Å². The van der Waals surface area contributed by atoms with Crippen LogP contribution >= 0.6 is 0 Å². The number of benzene rings is 1. The van der Waals surface area contributed by atoms with E-state index in [1.807, 2.05) is 4.90 Å². The number of piperazine rings is 1. The highest BCUT2D eigenvalue weighted by molar-refractivity contribution is 5.96. The Morgan fingerprint density at radius 3 is 2.56 bits per heavy atom. The maximum absolute atomic E-state index is 14.1. The average molecular weight is 348 g/mol. The van der Waals surface area contributed by atoms with Crippen molar-refractivity contribution < 1.29 is 18.8 Å². The van der Waals surface area contributed by atoms with E-state index in [1.165, 1.54) is 12.1 Å². The minimum atomic E-state index is -0.882. The molecule has 2 aliphatic heterocycles. The number of fused-ring (bicyclic) bond motifs is 2. The Balaban J connectivity index is 1.68. The quantitative estimate of drug-likeness (QED) is 0.837. The molecule has 2 heterocycles. The summed E-state index contributed by atoms with van der Waals surface area (Å²) in [6, 6.07) is 3.12. The van der Waals surface area contributed by atoms with Crippen LogP contribution in [0.2, 0.25) is 0 Å². The molecule has 1 unspecified atom stereocenters. The number of primary amides is 1. The normalized spacial score (nSPS) is 23.6. The van der Waals surface area contributed by atoms with E-state index in [4.69, 9.17) is 5.73 Å². The van der Waals surface area contributed by atoms with E-state index in [0.29, 0.717) is 13.1 Å². The van der Waals surface area contributed by atoms with Crippen LogP contribution in [0.5, 0.6) is 0 Å². The maximum Gasteiger partial charge on any atom is 0.318 e. The summed E-state index contributed by atoms with van der Waals surface area (Å²) >= 11 is 0. The molecular formula is C17H21FN4O3. The number of likely N-dealkylation sites (tertiary alicyclic amines) is 2. The van der Waals surface area contributed by atoms with Gasteiger partial charge in [0.2, 0.25) is 5.91 Å². The first-order valence-corrected chi connectivity index (χ1v) is 8.21. The fourth-order valence-electron chi connectivity index (χ4n) is 3.75. The molecule has 3 atom stereocenters. The van der Waals surface area contributed by atoms with Crippen molar-refractivity contribution in [3.63, 3.8) is 0 Å². The van der Waals surface area contributed by atoms with Crippen LogP contribution in [0.4, 0.5) is 9.18 Å². The molecule has 3 rings (SSSR count). The number of nitrogens with zero attached hydrogens (tertiary/aromatic N) is 2. The van der Waals surface area contributed by atoms with Crippen molar-refractivity contribution in [1.82, 2.24) is 15.1 Å². The standard InChI is InChI=1S/C17H21FN4O3/c1-9-3-4-13(14(18)5-9)16(24)22-8-11-6-12(22)7-21(11)10(2)15(23)20-17(19)25/h3-5,10-12H,6-8H2,1-2H3,(H3,19,20,23,25)/t10?,11-,12-/m0/s1. The summed E-state index contributed by atoms with van der Waals surface area (Å²) in [7, 11) is 0. The molecule has 25 heavy (non-hydrogen) atoms. The lowest BCUT2D eigenvalue weighted by Gasteiger charge is -2.36. The van der Waals surface area contributed by atoms with Crippen LogP contribution < -0.4 is 11.1 Å². The van der Waals surface area contributed by atoms with Crippen molar-refractivity contribution in [3.8, 4) is 0 Å². The number of carbonyl (C=O) groups excluding carboxylic acids is 3. The molecule has 134 valence electrons. The average Bonchev–Trinajstić information content (AvgIpc) is 3.13. The molecule has 1 aromatic rings. The molecule has 0 saturated carbocycles. The van der Waals surface area contributed by atoms with Crippen molar-refractivity contribution in [2.45, 2.75) is 38.4 Å². The van der Waals surface area contributed by atoms with E-state index < -0.39 is 23.8 Å². The number of hydrogen-bond donors (Lipinski definition) is 2. The lowest BCUT2D eigenvalue weighted by molar-refractivity contribution is -0.125. The Bertz CT molecular complexity index is 739. The van der Waals surface area contributed by atoms with Gasteiger partial charge in [-0.25, -0.2) is 9.18 Å². The Labute approximate surface area is 144 Å². The number of nitrogens with two attached hydrogens (primary N) is 1. The lowest BCUT2D eigenvalue weighted by atomic mass is 10.1. The third-order valence-corrected chi connectivity index (χ3v) is 5.02. The second-order valence-corrected chi connectivity index (χ2v) is 6.71. The number of rotatable bonds is 3. The van der Waals surface area contributed by atoms with Gasteiger partial charge in [0.25, 0.3) is 5.91 Å². The van der Waals surface area contributed by atoms with Gasteiger partial charge in [-0.1, -0.05) is 6.07 Å². The van der Waals surface area contributed by atoms with Crippen molar-refractivity contribution >= 4 is 17.8 Å². The highest BCUT2D eigenvalue weighted by Crippen LogP contribution is 2.33.